The van der Waals surface area contributed by atoms with Crippen molar-refractivity contribution in [3.8, 4) is 11.5 Å². The summed E-state index contributed by atoms with van der Waals surface area (Å²) >= 11 is 5.14. The summed E-state index contributed by atoms with van der Waals surface area (Å²) in [7, 11) is 0. The third-order valence-corrected chi connectivity index (χ3v) is 4.13. The van der Waals surface area contributed by atoms with Gasteiger partial charge in [-0.05, 0) is 36.0 Å². The van der Waals surface area contributed by atoms with Gasteiger partial charge in [0.05, 0.1) is 11.7 Å². The number of hydrogen-bond acceptors (Lipinski definition) is 4. The summed E-state index contributed by atoms with van der Waals surface area (Å²) in [5, 5.41) is 15.9. The molecular formula is C18H17F3N2O3S. The number of aliphatic hydroxyl groups is 1. The van der Waals surface area contributed by atoms with Crippen LogP contribution in [0.4, 0.5) is 18.9 Å². The summed E-state index contributed by atoms with van der Waals surface area (Å²) in [6.07, 6.45) is -5.91. The van der Waals surface area contributed by atoms with Crippen molar-refractivity contribution in [2.75, 3.05) is 25.1 Å². The Morgan fingerprint density at radius 3 is 2.56 bits per heavy atom. The number of hydrogen-bond donors (Lipinski definition) is 3. The minimum absolute atomic E-state index is 0.162. The zero-order chi connectivity index (χ0) is 19.4. The number of ether oxygens (including phenoxy) is 2. The van der Waals surface area contributed by atoms with Gasteiger partial charge in [0.15, 0.2) is 16.6 Å². The van der Waals surface area contributed by atoms with Gasteiger partial charge < -0.3 is 25.2 Å². The highest BCUT2D eigenvalue weighted by atomic mass is 32.1. The van der Waals surface area contributed by atoms with E-state index in [-0.39, 0.29) is 17.2 Å². The topological polar surface area (TPSA) is 62.8 Å². The van der Waals surface area contributed by atoms with Crippen molar-refractivity contribution in [2.24, 2.45) is 0 Å². The van der Waals surface area contributed by atoms with Gasteiger partial charge in [0.1, 0.15) is 13.2 Å². The van der Waals surface area contributed by atoms with Crippen molar-refractivity contribution in [2.45, 2.75) is 12.3 Å². The molecule has 1 atom stereocenters. The highest BCUT2D eigenvalue weighted by Crippen LogP contribution is 2.34. The first-order valence-electron chi connectivity index (χ1n) is 8.13. The van der Waals surface area contributed by atoms with Crippen molar-refractivity contribution in [1.29, 1.82) is 0 Å². The normalized spacial score (nSPS) is 14.4. The van der Waals surface area contributed by atoms with E-state index in [1.54, 1.807) is 18.2 Å². The van der Waals surface area contributed by atoms with E-state index in [0.717, 1.165) is 6.07 Å². The molecule has 3 rings (SSSR count). The van der Waals surface area contributed by atoms with Gasteiger partial charge in [-0.3, -0.25) is 0 Å². The molecule has 0 amide bonds. The second-order valence-electron chi connectivity index (χ2n) is 5.79. The van der Waals surface area contributed by atoms with E-state index in [0.29, 0.717) is 30.4 Å². The molecule has 0 bridgehead atoms. The minimum Gasteiger partial charge on any atom is -0.486 e. The number of benzene rings is 2. The lowest BCUT2D eigenvalue weighted by Gasteiger charge is -2.20. The second kappa shape index (κ2) is 8.01. The van der Waals surface area contributed by atoms with Crippen molar-refractivity contribution in [3.63, 3.8) is 0 Å². The number of anilines is 1. The maximum Gasteiger partial charge on any atom is 0.416 e. The van der Waals surface area contributed by atoms with Crippen LogP contribution in [0.25, 0.3) is 0 Å². The lowest BCUT2D eigenvalue weighted by Crippen LogP contribution is -2.32. The molecule has 2 aromatic carbocycles. The van der Waals surface area contributed by atoms with Crippen LogP contribution in [0.1, 0.15) is 17.2 Å². The molecule has 0 unspecified atom stereocenters. The second-order valence-corrected chi connectivity index (χ2v) is 6.20. The van der Waals surface area contributed by atoms with Crippen molar-refractivity contribution in [1.82, 2.24) is 5.32 Å². The molecule has 0 aliphatic carbocycles. The third kappa shape index (κ3) is 4.81. The van der Waals surface area contributed by atoms with Crippen LogP contribution in [0.3, 0.4) is 0 Å². The molecule has 27 heavy (non-hydrogen) atoms. The number of aliphatic hydroxyl groups excluding tert-OH is 1. The van der Waals surface area contributed by atoms with Gasteiger partial charge in [-0.25, -0.2) is 0 Å². The van der Waals surface area contributed by atoms with Gasteiger partial charge in [-0.1, -0.05) is 18.2 Å². The molecular weight excluding hydrogens is 381 g/mol. The van der Waals surface area contributed by atoms with Gasteiger partial charge >= 0.3 is 6.18 Å². The summed E-state index contributed by atoms with van der Waals surface area (Å²) in [6, 6.07) is 10.1. The molecule has 144 valence electrons. The van der Waals surface area contributed by atoms with Gasteiger partial charge in [0.25, 0.3) is 0 Å². The van der Waals surface area contributed by atoms with Crippen LogP contribution < -0.4 is 20.1 Å². The minimum atomic E-state index is -4.54. The average molecular weight is 398 g/mol. The third-order valence-electron chi connectivity index (χ3n) is 3.88. The number of alkyl halides is 3. The number of rotatable bonds is 4. The van der Waals surface area contributed by atoms with Crippen molar-refractivity contribution < 1.29 is 27.8 Å². The largest absolute Gasteiger partial charge is 0.486 e. The molecule has 1 aliphatic rings. The van der Waals surface area contributed by atoms with E-state index < -0.39 is 17.8 Å². The highest BCUT2D eigenvalue weighted by molar-refractivity contribution is 7.80. The maximum atomic E-state index is 13.0. The molecule has 2 aromatic rings. The molecule has 9 heteroatoms. The lowest BCUT2D eigenvalue weighted by molar-refractivity contribution is -0.139. The monoisotopic (exact) mass is 398 g/mol. The van der Waals surface area contributed by atoms with Gasteiger partial charge in [0.2, 0.25) is 0 Å². The van der Waals surface area contributed by atoms with E-state index in [9.17, 15) is 18.3 Å². The first-order chi connectivity index (χ1) is 12.8. The van der Waals surface area contributed by atoms with Crippen LogP contribution in [-0.4, -0.2) is 30.0 Å². The van der Waals surface area contributed by atoms with Crippen LogP contribution in [0.15, 0.2) is 42.5 Å². The average Bonchev–Trinajstić information content (AvgIpc) is 2.65. The summed E-state index contributed by atoms with van der Waals surface area (Å²) in [6.45, 7) is 0.754. The SMILES string of the molecule is O[C@@H](CNC(=S)Nc1ccc2c(c1)OCCO2)c1ccccc1C(F)(F)F. The standard InChI is InChI=1S/C18H17F3N2O3S/c19-18(20,21)13-4-2-1-3-12(13)14(24)10-22-17(27)23-11-5-6-15-16(9-11)26-8-7-25-15/h1-6,9,14,24H,7-8,10H2,(H2,22,23,27)/t14-/m0/s1. The Labute approximate surface area is 159 Å². The van der Waals surface area contributed by atoms with Crippen LogP contribution >= 0.6 is 12.2 Å². The molecule has 1 aliphatic heterocycles. The van der Waals surface area contributed by atoms with Crippen molar-refractivity contribution in [3.05, 3.63) is 53.6 Å². The van der Waals surface area contributed by atoms with Crippen molar-refractivity contribution >= 4 is 23.0 Å². The zero-order valence-electron chi connectivity index (χ0n) is 14.0. The van der Waals surface area contributed by atoms with Crippen LogP contribution in [0.5, 0.6) is 11.5 Å². The summed E-state index contributed by atoms with van der Waals surface area (Å²) < 4.78 is 50.0. The van der Waals surface area contributed by atoms with Gasteiger partial charge in [-0.15, -0.1) is 0 Å². The smallest absolute Gasteiger partial charge is 0.416 e. The molecule has 3 N–H and O–H groups in total. The zero-order valence-corrected chi connectivity index (χ0v) is 14.9. The highest BCUT2D eigenvalue weighted by Gasteiger charge is 2.34. The molecule has 0 spiro atoms. The maximum absolute atomic E-state index is 13.0. The Balaban J connectivity index is 1.60. The predicted molar refractivity (Wildman–Crippen MR) is 98.1 cm³/mol. The molecule has 1 heterocycles. The number of nitrogens with one attached hydrogen (secondary N) is 2. The molecule has 5 nitrogen and oxygen atoms in total. The molecule has 0 aromatic heterocycles. The number of thiocarbonyl (C=S) groups is 1. The Morgan fingerprint density at radius 1 is 1.11 bits per heavy atom. The Hall–Kier alpha value is -2.52. The quantitative estimate of drug-likeness (QED) is 0.686. The van der Waals surface area contributed by atoms with E-state index in [4.69, 9.17) is 21.7 Å². The summed E-state index contributed by atoms with van der Waals surface area (Å²) in [5.41, 5.74) is -0.452. The predicted octanol–water partition coefficient (Wildman–Crippen LogP) is 3.50. The molecule has 0 saturated carbocycles. The van der Waals surface area contributed by atoms with Crippen LogP contribution in [-0.2, 0) is 6.18 Å². The molecule has 0 saturated heterocycles. The fourth-order valence-corrected chi connectivity index (χ4v) is 2.84. The van der Waals surface area contributed by atoms with Gasteiger partial charge in [0, 0.05) is 18.3 Å². The molecule has 0 radical (unpaired) electrons. The Bertz CT molecular complexity index is 830. The van der Waals surface area contributed by atoms with E-state index in [1.165, 1.54) is 18.2 Å². The first kappa shape index (κ1) is 19.2. The summed E-state index contributed by atoms with van der Waals surface area (Å²) in [4.78, 5) is 0. The summed E-state index contributed by atoms with van der Waals surface area (Å²) in [5.74, 6) is 1.21. The Kier molecular flexibility index (Phi) is 5.71. The fraction of sp³-hybridized carbons (Fsp3) is 0.278. The number of halogens is 3. The van der Waals surface area contributed by atoms with E-state index in [2.05, 4.69) is 10.6 Å². The lowest BCUT2D eigenvalue weighted by atomic mass is 10.0. The first-order valence-corrected chi connectivity index (χ1v) is 8.54. The fourth-order valence-electron chi connectivity index (χ4n) is 2.64. The van der Waals surface area contributed by atoms with Crippen LogP contribution in [0, 0.1) is 0 Å². The van der Waals surface area contributed by atoms with E-state index >= 15 is 0 Å². The molecule has 0 fully saturated rings. The van der Waals surface area contributed by atoms with Gasteiger partial charge in [-0.2, -0.15) is 13.2 Å². The van der Waals surface area contributed by atoms with E-state index in [1.807, 2.05) is 0 Å². The Morgan fingerprint density at radius 2 is 1.81 bits per heavy atom. The van der Waals surface area contributed by atoms with Crippen LogP contribution in [0.2, 0.25) is 0 Å². The number of fused-ring (bicyclic) bond motifs is 1.